The van der Waals surface area contributed by atoms with Gasteiger partial charge in [0.05, 0.1) is 29.1 Å². The number of rotatable bonds is 5. The summed E-state index contributed by atoms with van der Waals surface area (Å²) < 4.78 is 45.0. The number of amides is 1. The van der Waals surface area contributed by atoms with E-state index in [4.69, 9.17) is 4.74 Å². The average Bonchev–Trinajstić information content (AvgIpc) is 3.03. The second-order valence-electron chi connectivity index (χ2n) is 5.40. The molecular formula is C17H14F3N3O2S. The van der Waals surface area contributed by atoms with Crippen molar-refractivity contribution in [3.05, 3.63) is 47.8 Å². The summed E-state index contributed by atoms with van der Waals surface area (Å²) in [5, 5.41) is 2.07. The number of hydrogen-bond donors (Lipinski definition) is 2. The molecule has 0 saturated heterocycles. The Balaban J connectivity index is 1.72. The van der Waals surface area contributed by atoms with E-state index in [0.29, 0.717) is 16.4 Å². The van der Waals surface area contributed by atoms with E-state index in [0.717, 1.165) is 29.4 Å². The number of nitrogens with one attached hydrogen (secondary N) is 2. The molecule has 136 valence electrons. The quantitative estimate of drug-likeness (QED) is 0.516. The number of halogens is 3. The molecule has 1 heterocycles. The van der Waals surface area contributed by atoms with E-state index in [1.165, 1.54) is 0 Å². The highest BCUT2D eigenvalue weighted by molar-refractivity contribution is 8.00. The van der Waals surface area contributed by atoms with Crippen molar-refractivity contribution in [3.8, 4) is 5.75 Å². The van der Waals surface area contributed by atoms with Crippen molar-refractivity contribution in [2.45, 2.75) is 17.3 Å². The minimum atomic E-state index is -1.63. The Hall–Kier alpha value is -2.68. The first-order valence-electron chi connectivity index (χ1n) is 7.54. The molecule has 5 nitrogen and oxygen atoms in total. The van der Waals surface area contributed by atoms with Crippen LogP contribution in [0.2, 0.25) is 0 Å². The predicted molar refractivity (Wildman–Crippen MR) is 92.9 cm³/mol. The van der Waals surface area contributed by atoms with Gasteiger partial charge >= 0.3 is 0 Å². The number of carbonyl (C=O) groups is 1. The SMILES string of the molecule is COc1ccc2nc(SC(C)C(=O)Nc3ccc(F)c(F)c3F)[nH]c2c1. The number of anilines is 1. The maximum atomic E-state index is 13.7. The van der Waals surface area contributed by atoms with Crippen molar-refractivity contribution in [2.75, 3.05) is 12.4 Å². The Morgan fingerprint density at radius 1 is 1.23 bits per heavy atom. The van der Waals surface area contributed by atoms with Gasteiger partial charge in [-0.25, -0.2) is 18.2 Å². The molecule has 2 aromatic carbocycles. The molecular weight excluding hydrogens is 367 g/mol. The van der Waals surface area contributed by atoms with Crippen LogP contribution < -0.4 is 10.1 Å². The van der Waals surface area contributed by atoms with Crippen LogP contribution in [0.15, 0.2) is 35.5 Å². The molecule has 0 radical (unpaired) electrons. The molecule has 26 heavy (non-hydrogen) atoms. The number of carbonyl (C=O) groups excluding carboxylic acids is 1. The van der Waals surface area contributed by atoms with Gasteiger partial charge < -0.3 is 15.0 Å². The summed E-state index contributed by atoms with van der Waals surface area (Å²) in [6.07, 6.45) is 0. The summed E-state index contributed by atoms with van der Waals surface area (Å²) in [6.45, 7) is 1.59. The van der Waals surface area contributed by atoms with E-state index in [-0.39, 0.29) is 0 Å². The molecule has 1 atom stereocenters. The van der Waals surface area contributed by atoms with Crippen LogP contribution in [0.1, 0.15) is 6.92 Å². The zero-order chi connectivity index (χ0) is 18.8. The Bertz CT molecular complexity index is 977. The van der Waals surface area contributed by atoms with Crippen molar-refractivity contribution in [2.24, 2.45) is 0 Å². The van der Waals surface area contributed by atoms with Crippen LogP contribution >= 0.6 is 11.8 Å². The molecule has 3 aromatic rings. The Morgan fingerprint density at radius 3 is 2.73 bits per heavy atom. The molecule has 0 aliphatic carbocycles. The second kappa shape index (κ2) is 7.28. The third kappa shape index (κ3) is 3.62. The minimum Gasteiger partial charge on any atom is -0.497 e. The van der Waals surface area contributed by atoms with Gasteiger partial charge in [-0.05, 0) is 31.2 Å². The number of thioether (sulfide) groups is 1. The number of aromatic nitrogens is 2. The number of benzene rings is 2. The zero-order valence-electron chi connectivity index (χ0n) is 13.8. The standard InChI is InChI=1S/C17H14F3N3O2S/c1-8(16(24)21-12-6-4-10(18)14(19)15(12)20)26-17-22-11-5-3-9(25-2)7-13(11)23-17/h3-8H,1-2H3,(H,21,24)(H,22,23). The predicted octanol–water partition coefficient (Wildman–Crippen LogP) is 4.11. The highest BCUT2D eigenvalue weighted by atomic mass is 32.2. The van der Waals surface area contributed by atoms with E-state index >= 15 is 0 Å². The van der Waals surface area contributed by atoms with Gasteiger partial charge in [-0.1, -0.05) is 11.8 Å². The normalized spacial score (nSPS) is 12.2. The van der Waals surface area contributed by atoms with Crippen molar-refractivity contribution >= 4 is 34.4 Å². The third-order valence-electron chi connectivity index (χ3n) is 3.62. The lowest BCUT2D eigenvalue weighted by Gasteiger charge is -2.11. The molecule has 0 aliphatic heterocycles. The number of methoxy groups -OCH3 is 1. The van der Waals surface area contributed by atoms with Crippen LogP contribution in [0.3, 0.4) is 0 Å². The zero-order valence-corrected chi connectivity index (χ0v) is 14.6. The molecule has 1 unspecified atom stereocenters. The van der Waals surface area contributed by atoms with E-state index in [1.807, 2.05) is 0 Å². The molecule has 3 rings (SSSR count). The van der Waals surface area contributed by atoms with Crippen molar-refractivity contribution < 1.29 is 22.7 Å². The minimum absolute atomic E-state index is 0.421. The number of H-pyrrole nitrogens is 1. The number of ether oxygens (including phenoxy) is 1. The highest BCUT2D eigenvalue weighted by Crippen LogP contribution is 2.27. The first-order valence-corrected chi connectivity index (χ1v) is 8.41. The van der Waals surface area contributed by atoms with Crippen molar-refractivity contribution in [1.82, 2.24) is 9.97 Å². The number of aromatic amines is 1. The molecule has 0 aliphatic rings. The Kier molecular flexibility index (Phi) is 5.08. The van der Waals surface area contributed by atoms with Gasteiger partial charge in [0.25, 0.3) is 0 Å². The summed E-state index contributed by atoms with van der Waals surface area (Å²) in [5.41, 5.74) is 1.02. The van der Waals surface area contributed by atoms with Crippen LogP contribution in [-0.2, 0) is 4.79 Å². The highest BCUT2D eigenvalue weighted by Gasteiger charge is 2.20. The lowest BCUT2D eigenvalue weighted by molar-refractivity contribution is -0.115. The molecule has 1 aromatic heterocycles. The molecule has 9 heteroatoms. The van der Waals surface area contributed by atoms with Gasteiger partial charge in [-0.15, -0.1) is 0 Å². The van der Waals surface area contributed by atoms with Gasteiger partial charge in [0.2, 0.25) is 5.91 Å². The first-order chi connectivity index (χ1) is 12.4. The molecule has 1 amide bonds. The fraction of sp³-hybridized carbons (Fsp3) is 0.176. The second-order valence-corrected chi connectivity index (χ2v) is 6.73. The van der Waals surface area contributed by atoms with Gasteiger partial charge in [-0.2, -0.15) is 0 Å². The van der Waals surface area contributed by atoms with Crippen LogP contribution in [0.5, 0.6) is 5.75 Å². The number of fused-ring (bicyclic) bond motifs is 1. The third-order valence-corrected chi connectivity index (χ3v) is 4.60. The fourth-order valence-electron chi connectivity index (χ4n) is 2.23. The number of nitrogens with zero attached hydrogens (tertiary/aromatic N) is 1. The lowest BCUT2D eigenvalue weighted by Crippen LogP contribution is -2.23. The topological polar surface area (TPSA) is 67.0 Å². The molecule has 0 fully saturated rings. The van der Waals surface area contributed by atoms with E-state index < -0.39 is 34.3 Å². The van der Waals surface area contributed by atoms with Gasteiger partial charge in [0, 0.05) is 6.07 Å². The lowest BCUT2D eigenvalue weighted by atomic mass is 10.2. The van der Waals surface area contributed by atoms with Gasteiger partial charge in [0.15, 0.2) is 22.6 Å². The summed E-state index contributed by atoms with van der Waals surface area (Å²) in [4.78, 5) is 19.6. The maximum Gasteiger partial charge on any atom is 0.237 e. The van der Waals surface area contributed by atoms with Crippen LogP contribution in [0, 0.1) is 17.5 Å². The molecule has 0 spiro atoms. The summed E-state index contributed by atoms with van der Waals surface area (Å²) >= 11 is 1.11. The van der Waals surface area contributed by atoms with Gasteiger partial charge in [0.1, 0.15) is 5.75 Å². The largest absolute Gasteiger partial charge is 0.497 e. The summed E-state index contributed by atoms with van der Waals surface area (Å²) in [7, 11) is 1.55. The van der Waals surface area contributed by atoms with Crippen LogP contribution in [0.25, 0.3) is 11.0 Å². The molecule has 0 saturated carbocycles. The number of imidazole rings is 1. The smallest absolute Gasteiger partial charge is 0.237 e. The van der Waals surface area contributed by atoms with Crippen LogP contribution in [-0.4, -0.2) is 28.2 Å². The fourth-order valence-corrected chi connectivity index (χ4v) is 3.05. The van der Waals surface area contributed by atoms with Crippen molar-refractivity contribution in [3.63, 3.8) is 0 Å². The average molecular weight is 381 g/mol. The van der Waals surface area contributed by atoms with E-state index in [1.54, 1.807) is 32.2 Å². The van der Waals surface area contributed by atoms with Crippen LogP contribution in [0.4, 0.5) is 18.9 Å². The molecule has 2 N–H and O–H groups in total. The van der Waals surface area contributed by atoms with Crippen molar-refractivity contribution in [1.29, 1.82) is 0 Å². The Labute approximate surface area is 151 Å². The van der Waals surface area contributed by atoms with E-state index in [2.05, 4.69) is 15.3 Å². The van der Waals surface area contributed by atoms with E-state index in [9.17, 15) is 18.0 Å². The maximum absolute atomic E-state index is 13.7. The Morgan fingerprint density at radius 2 is 2.00 bits per heavy atom. The summed E-state index contributed by atoms with van der Waals surface area (Å²) in [6, 6.07) is 7.03. The van der Waals surface area contributed by atoms with Gasteiger partial charge in [-0.3, -0.25) is 4.79 Å². The molecule has 0 bridgehead atoms. The number of hydrogen-bond acceptors (Lipinski definition) is 4. The monoisotopic (exact) mass is 381 g/mol. The first kappa shape index (κ1) is 18.1. The summed E-state index contributed by atoms with van der Waals surface area (Å²) in [5.74, 6) is -4.29.